The van der Waals surface area contributed by atoms with Crippen LogP contribution in [0.1, 0.15) is 18.7 Å². The van der Waals surface area contributed by atoms with Gasteiger partial charge in [-0.25, -0.2) is 0 Å². The number of aromatic nitrogens is 3. The Morgan fingerprint density at radius 3 is 2.75 bits per heavy atom. The molecule has 106 valence electrons. The Balaban J connectivity index is 1.91. The van der Waals surface area contributed by atoms with Crippen LogP contribution in [-0.2, 0) is 10.2 Å². The van der Waals surface area contributed by atoms with Gasteiger partial charge in [0.05, 0.1) is 12.0 Å². The Morgan fingerprint density at radius 1 is 1.30 bits per heavy atom. The van der Waals surface area contributed by atoms with Crippen molar-refractivity contribution in [3.05, 3.63) is 30.4 Å². The summed E-state index contributed by atoms with van der Waals surface area (Å²) < 4.78 is 10.9. The van der Waals surface area contributed by atoms with E-state index in [1.54, 1.807) is 19.5 Å². The summed E-state index contributed by atoms with van der Waals surface area (Å²) in [5, 5.41) is 7.45. The van der Waals surface area contributed by atoms with E-state index in [0.29, 0.717) is 18.3 Å². The van der Waals surface area contributed by atoms with E-state index in [-0.39, 0.29) is 5.41 Å². The lowest BCUT2D eigenvalue weighted by Crippen LogP contribution is -2.43. The van der Waals surface area contributed by atoms with Gasteiger partial charge in [0.25, 0.3) is 0 Å². The van der Waals surface area contributed by atoms with E-state index in [9.17, 15) is 0 Å². The number of rotatable bonds is 4. The third-order valence-electron chi connectivity index (χ3n) is 3.80. The summed E-state index contributed by atoms with van der Waals surface area (Å²) in [7, 11) is 1.71. The van der Waals surface area contributed by atoms with E-state index < -0.39 is 0 Å². The second-order valence-corrected chi connectivity index (χ2v) is 5.12. The van der Waals surface area contributed by atoms with Gasteiger partial charge in [-0.3, -0.25) is 4.98 Å². The predicted octanol–water partition coefficient (Wildman–Crippen LogP) is 1.40. The summed E-state index contributed by atoms with van der Waals surface area (Å²) in [5.41, 5.74) is 0.745. The van der Waals surface area contributed by atoms with Gasteiger partial charge in [0.2, 0.25) is 11.7 Å². The number of nitrogens with one attached hydrogen (secondary N) is 1. The van der Waals surface area contributed by atoms with Crippen LogP contribution in [0.5, 0.6) is 0 Å². The highest BCUT2D eigenvalue weighted by molar-refractivity contribution is 5.52. The summed E-state index contributed by atoms with van der Waals surface area (Å²) in [6.45, 7) is 2.49. The lowest BCUT2D eigenvalue weighted by molar-refractivity contribution is 0.0850. The van der Waals surface area contributed by atoms with Crippen LogP contribution in [-0.4, -0.2) is 41.9 Å². The summed E-state index contributed by atoms with van der Waals surface area (Å²) in [6.07, 6.45) is 5.33. The fourth-order valence-corrected chi connectivity index (χ4v) is 2.66. The molecule has 2 aromatic rings. The number of pyridine rings is 1. The molecule has 0 amide bonds. The number of methoxy groups -OCH3 is 1. The minimum atomic E-state index is -0.168. The molecular formula is C14H18N4O2. The Kier molecular flexibility index (Phi) is 3.75. The maximum Gasteiger partial charge on any atom is 0.235 e. The average Bonchev–Trinajstić information content (AvgIpc) is 3.00. The van der Waals surface area contributed by atoms with Crippen molar-refractivity contribution in [3.63, 3.8) is 0 Å². The lowest BCUT2D eigenvalue weighted by Gasteiger charge is -2.33. The molecule has 20 heavy (non-hydrogen) atoms. The Hall–Kier alpha value is -1.79. The van der Waals surface area contributed by atoms with Crippen LogP contribution in [0, 0.1) is 0 Å². The summed E-state index contributed by atoms with van der Waals surface area (Å²) >= 11 is 0. The summed E-state index contributed by atoms with van der Waals surface area (Å²) in [4.78, 5) is 8.58. The lowest BCUT2D eigenvalue weighted by atomic mass is 9.79. The molecule has 1 N–H and O–H groups in total. The fourth-order valence-electron chi connectivity index (χ4n) is 2.66. The molecule has 0 radical (unpaired) electrons. The molecule has 0 spiro atoms. The molecule has 0 aromatic carbocycles. The summed E-state index contributed by atoms with van der Waals surface area (Å²) in [6, 6.07) is 3.75. The van der Waals surface area contributed by atoms with Crippen LogP contribution in [0.25, 0.3) is 11.4 Å². The van der Waals surface area contributed by atoms with Gasteiger partial charge in [-0.05, 0) is 38.1 Å². The zero-order chi connectivity index (χ0) is 13.8. The van der Waals surface area contributed by atoms with Gasteiger partial charge in [0.1, 0.15) is 0 Å². The van der Waals surface area contributed by atoms with Gasteiger partial charge < -0.3 is 14.6 Å². The van der Waals surface area contributed by atoms with Gasteiger partial charge in [0.15, 0.2) is 0 Å². The topological polar surface area (TPSA) is 73.1 Å². The molecule has 6 nitrogen and oxygen atoms in total. The number of hydrogen-bond donors (Lipinski definition) is 1. The molecule has 0 aliphatic carbocycles. The minimum absolute atomic E-state index is 0.168. The van der Waals surface area contributed by atoms with Crippen molar-refractivity contribution in [2.75, 3.05) is 26.8 Å². The smallest absolute Gasteiger partial charge is 0.235 e. The van der Waals surface area contributed by atoms with Gasteiger partial charge in [-0.15, -0.1) is 0 Å². The highest BCUT2D eigenvalue weighted by Gasteiger charge is 2.39. The normalized spacial score (nSPS) is 18.1. The number of ether oxygens (including phenoxy) is 1. The van der Waals surface area contributed by atoms with Crippen LogP contribution in [0.2, 0.25) is 0 Å². The van der Waals surface area contributed by atoms with Gasteiger partial charge in [-0.1, -0.05) is 5.16 Å². The van der Waals surface area contributed by atoms with E-state index in [0.717, 1.165) is 31.5 Å². The fraction of sp³-hybridized carbons (Fsp3) is 0.500. The van der Waals surface area contributed by atoms with Gasteiger partial charge in [-0.2, -0.15) is 4.98 Å². The first kappa shape index (κ1) is 13.2. The Bertz CT molecular complexity index is 544. The predicted molar refractivity (Wildman–Crippen MR) is 73.2 cm³/mol. The van der Waals surface area contributed by atoms with Crippen molar-refractivity contribution in [2.24, 2.45) is 0 Å². The zero-order valence-electron chi connectivity index (χ0n) is 11.5. The third kappa shape index (κ3) is 2.44. The van der Waals surface area contributed by atoms with Crippen LogP contribution < -0.4 is 5.32 Å². The van der Waals surface area contributed by atoms with Crippen LogP contribution in [0.3, 0.4) is 0 Å². The minimum Gasteiger partial charge on any atom is -0.384 e. The van der Waals surface area contributed by atoms with Crippen LogP contribution >= 0.6 is 0 Å². The SMILES string of the molecule is COCC1(c2nc(-c3ccncc3)no2)CCNCC1. The third-order valence-corrected chi connectivity index (χ3v) is 3.80. The molecule has 1 aliphatic rings. The van der Waals surface area contributed by atoms with Crippen LogP contribution in [0.4, 0.5) is 0 Å². The highest BCUT2D eigenvalue weighted by atomic mass is 16.5. The molecule has 0 atom stereocenters. The van der Waals surface area contributed by atoms with Crippen molar-refractivity contribution in [2.45, 2.75) is 18.3 Å². The first-order valence-electron chi connectivity index (χ1n) is 6.78. The highest BCUT2D eigenvalue weighted by Crippen LogP contribution is 2.33. The standard InChI is InChI=1S/C14H18N4O2/c1-19-10-14(4-8-16-9-5-14)13-17-12(18-20-13)11-2-6-15-7-3-11/h2-3,6-7,16H,4-5,8-10H2,1H3. The number of nitrogens with zero attached hydrogens (tertiary/aromatic N) is 3. The molecule has 6 heteroatoms. The van der Waals surface area contributed by atoms with E-state index >= 15 is 0 Å². The molecular weight excluding hydrogens is 256 g/mol. The summed E-state index contributed by atoms with van der Waals surface area (Å²) in [5.74, 6) is 1.28. The van der Waals surface area contributed by atoms with E-state index in [4.69, 9.17) is 9.26 Å². The van der Waals surface area contributed by atoms with Crippen molar-refractivity contribution >= 4 is 0 Å². The molecule has 3 rings (SSSR count). The molecule has 1 fully saturated rings. The maximum atomic E-state index is 5.53. The second-order valence-electron chi connectivity index (χ2n) is 5.12. The van der Waals surface area contributed by atoms with E-state index in [1.807, 2.05) is 12.1 Å². The molecule has 2 aromatic heterocycles. The molecule has 1 aliphatic heterocycles. The molecule has 0 saturated carbocycles. The van der Waals surface area contributed by atoms with E-state index in [2.05, 4.69) is 20.4 Å². The van der Waals surface area contributed by atoms with Crippen LogP contribution in [0.15, 0.2) is 29.0 Å². The molecule has 0 bridgehead atoms. The first-order valence-corrected chi connectivity index (χ1v) is 6.78. The Labute approximate surface area is 117 Å². The van der Waals surface area contributed by atoms with Crippen molar-refractivity contribution in [3.8, 4) is 11.4 Å². The van der Waals surface area contributed by atoms with Crippen molar-refractivity contribution in [1.82, 2.24) is 20.4 Å². The zero-order valence-corrected chi connectivity index (χ0v) is 11.5. The van der Waals surface area contributed by atoms with E-state index in [1.165, 1.54) is 0 Å². The molecule has 3 heterocycles. The monoisotopic (exact) mass is 274 g/mol. The van der Waals surface area contributed by atoms with Crippen molar-refractivity contribution in [1.29, 1.82) is 0 Å². The number of piperidine rings is 1. The second kappa shape index (κ2) is 5.68. The van der Waals surface area contributed by atoms with Gasteiger partial charge in [0, 0.05) is 25.1 Å². The maximum absolute atomic E-state index is 5.53. The first-order chi connectivity index (χ1) is 9.84. The quantitative estimate of drug-likeness (QED) is 0.908. The van der Waals surface area contributed by atoms with Crippen molar-refractivity contribution < 1.29 is 9.26 Å². The Morgan fingerprint density at radius 2 is 2.05 bits per heavy atom. The number of hydrogen-bond acceptors (Lipinski definition) is 6. The van der Waals surface area contributed by atoms with Gasteiger partial charge >= 0.3 is 0 Å². The largest absolute Gasteiger partial charge is 0.384 e. The molecule has 1 saturated heterocycles. The molecule has 0 unspecified atom stereocenters. The average molecular weight is 274 g/mol.